The lowest BCUT2D eigenvalue weighted by atomic mass is 10.1. The van der Waals surface area contributed by atoms with Crippen LogP contribution in [0.15, 0.2) is 24.3 Å². The highest BCUT2D eigenvalue weighted by Crippen LogP contribution is 2.30. The second-order valence-electron chi connectivity index (χ2n) is 2.89. The fraction of sp³-hybridized carbons (Fsp3) is 0.273. The van der Waals surface area contributed by atoms with Gasteiger partial charge in [0.1, 0.15) is 6.10 Å². The van der Waals surface area contributed by atoms with Crippen LogP contribution < -0.4 is 0 Å². The van der Waals surface area contributed by atoms with E-state index in [1.54, 1.807) is 0 Å². The van der Waals surface area contributed by atoms with Crippen LogP contribution in [0.25, 0.3) is 6.08 Å². The zero-order valence-corrected chi connectivity index (χ0v) is 8.75. The minimum atomic E-state index is 0.141. The van der Waals surface area contributed by atoms with Gasteiger partial charge in [0.15, 0.2) is 0 Å². The van der Waals surface area contributed by atoms with Gasteiger partial charge >= 0.3 is 0 Å². The van der Waals surface area contributed by atoms with Gasteiger partial charge in [-0.1, -0.05) is 40.2 Å². The highest BCUT2D eigenvalue weighted by atomic mass is 79.9. The minimum absolute atomic E-state index is 0.141. The third kappa shape index (κ3) is 1.84. The molecule has 0 saturated heterocycles. The van der Waals surface area contributed by atoms with Gasteiger partial charge in [-0.25, -0.2) is 0 Å². The summed E-state index contributed by atoms with van der Waals surface area (Å²) in [6, 6.07) is 9.03. The quantitative estimate of drug-likeness (QED) is 0.735. The van der Waals surface area contributed by atoms with E-state index in [1.807, 2.05) is 12.1 Å². The van der Waals surface area contributed by atoms with E-state index in [1.165, 1.54) is 11.1 Å². The van der Waals surface area contributed by atoms with Crippen molar-refractivity contribution in [3.8, 4) is 0 Å². The van der Waals surface area contributed by atoms with Crippen LogP contribution in [-0.2, 0) is 4.74 Å². The smallest absolute Gasteiger partial charge is 0.102 e. The molecule has 67 valence electrons. The fourth-order valence-electron chi connectivity index (χ4n) is 1.47. The van der Waals surface area contributed by atoms with Crippen LogP contribution in [-0.4, -0.2) is 11.9 Å². The van der Waals surface area contributed by atoms with Crippen molar-refractivity contribution in [2.45, 2.75) is 6.10 Å². The number of ether oxygens (including phenoxy) is 1. The predicted octanol–water partition coefficient (Wildman–Crippen LogP) is 2.97. The molecule has 0 fully saturated rings. The minimum Gasteiger partial charge on any atom is -0.369 e. The molecule has 1 aromatic rings. The Bertz CT molecular complexity index is 320. The van der Waals surface area contributed by atoms with Crippen LogP contribution in [0.1, 0.15) is 17.2 Å². The summed E-state index contributed by atoms with van der Waals surface area (Å²) in [6.45, 7) is 0.743. The summed E-state index contributed by atoms with van der Waals surface area (Å²) in [4.78, 5) is 0. The molecule has 2 rings (SSSR count). The summed E-state index contributed by atoms with van der Waals surface area (Å²) in [7, 11) is 0. The Balaban J connectivity index is 2.14. The predicted molar refractivity (Wildman–Crippen MR) is 56.8 cm³/mol. The zero-order chi connectivity index (χ0) is 9.10. The van der Waals surface area contributed by atoms with Crippen LogP contribution in [0, 0.1) is 6.07 Å². The van der Waals surface area contributed by atoms with Gasteiger partial charge in [0.05, 0.1) is 6.61 Å². The van der Waals surface area contributed by atoms with Gasteiger partial charge in [-0.05, 0) is 23.3 Å². The highest BCUT2D eigenvalue weighted by Gasteiger charge is 2.16. The first-order chi connectivity index (χ1) is 6.42. The Kier molecular flexibility index (Phi) is 2.81. The fourth-order valence-corrected chi connectivity index (χ4v) is 1.66. The van der Waals surface area contributed by atoms with E-state index in [-0.39, 0.29) is 6.10 Å². The number of hydrogen-bond acceptors (Lipinski definition) is 1. The van der Waals surface area contributed by atoms with Gasteiger partial charge < -0.3 is 4.74 Å². The van der Waals surface area contributed by atoms with Gasteiger partial charge in [-0.2, -0.15) is 0 Å². The van der Waals surface area contributed by atoms with Gasteiger partial charge in [0.25, 0.3) is 0 Å². The van der Waals surface area contributed by atoms with Gasteiger partial charge in [0.2, 0.25) is 0 Å². The average Bonchev–Trinajstić information content (AvgIpc) is 2.58. The molecular formula is C11H10BrO. The number of fused-ring (bicyclic) bond motifs is 1. The number of halogens is 1. The molecule has 2 heteroatoms. The van der Waals surface area contributed by atoms with E-state index in [0.29, 0.717) is 0 Å². The molecule has 0 spiro atoms. The van der Waals surface area contributed by atoms with Gasteiger partial charge in [0, 0.05) is 5.33 Å². The molecule has 13 heavy (non-hydrogen) atoms. The Morgan fingerprint density at radius 2 is 2.46 bits per heavy atom. The van der Waals surface area contributed by atoms with E-state index >= 15 is 0 Å². The summed E-state index contributed by atoms with van der Waals surface area (Å²) in [5.74, 6) is 0. The van der Waals surface area contributed by atoms with Crippen molar-refractivity contribution in [1.82, 2.24) is 0 Å². The van der Waals surface area contributed by atoms with Crippen molar-refractivity contribution in [3.05, 3.63) is 41.5 Å². The second kappa shape index (κ2) is 4.07. The van der Waals surface area contributed by atoms with E-state index < -0.39 is 0 Å². The molecule has 0 amide bonds. The summed E-state index contributed by atoms with van der Waals surface area (Å²) in [5.41, 5.74) is 2.47. The van der Waals surface area contributed by atoms with Crippen molar-refractivity contribution in [3.63, 3.8) is 0 Å². The number of hydrogen-bond donors (Lipinski definition) is 0. The van der Waals surface area contributed by atoms with Crippen LogP contribution in [0.2, 0.25) is 0 Å². The first-order valence-corrected chi connectivity index (χ1v) is 5.40. The van der Waals surface area contributed by atoms with Crippen molar-refractivity contribution in [1.29, 1.82) is 0 Å². The SMILES string of the molecule is BrCCOC1C=Cc2c[c]ccc21. The summed E-state index contributed by atoms with van der Waals surface area (Å²) in [6.07, 6.45) is 4.31. The lowest BCUT2D eigenvalue weighted by Gasteiger charge is -2.10. The molecule has 1 aliphatic rings. The van der Waals surface area contributed by atoms with Crippen molar-refractivity contribution >= 4 is 22.0 Å². The largest absolute Gasteiger partial charge is 0.369 e. The molecule has 1 atom stereocenters. The summed E-state index contributed by atoms with van der Waals surface area (Å²) < 4.78 is 5.63. The third-order valence-electron chi connectivity index (χ3n) is 2.06. The maximum Gasteiger partial charge on any atom is 0.102 e. The van der Waals surface area contributed by atoms with Crippen molar-refractivity contribution < 1.29 is 4.74 Å². The second-order valence-corrected chi connectivity index (χ2v) is 3.69. The van der Waals surface area contributed by atoms with E-state index in [4.69, 9.17) is 4.74 Å². The molecule has 1 aliphatic carbocycles. The zero-order valence-electron chi connectivity index (χ0n) is 7.16. The van der Waals surface area contributed by atoms with Crippen LogP contribution in [0.4, 0.5) is 0 Å². The molecule has 0 aromatic heterocycles. The van der Waals surface area contributed by atoms with Crippen LogP contribution >= 0.6 is 15.9 Å². The molecular weight excluding hydrogens is 228 g/mol. The first-order valence-electron chi connectivity index (χ1n) is 4.27. The molecule has 0 saturated carbocycles. The van der Waals surface area contributed by atoms with E-state index in [0.717, 1.165) is 11.9 Å². The van der Waals surface area contributed by atoms with Crippen molar-refractivity contribution in [2.75, 3.05) is 11.9 Å². The third-order valence-corrected chi connectivity index (χ3v) is 2.39. The Labute approximate surface area is 86.5 Å². The van der Waals surface area contributed by atoms with E-state index in [9.17, 15) is 0 Å². The monoisotopic (exact) mass is 237 g/mol. The van der Waals surface area contributed by atoms with Crippen molar-refractivity contribution in [2.24, 2.45) is 0 Å². The lowest BCUT2D eigenvalue weighted by molar-refractivity contribution is 0.102. The molecule has 0 N–H and O–H groups in total. The Morgan fingerprint density at radius 1 is 1.54 bits per heavy atom. The molecule has 1 aromatic carbocycles. The standard InChI is InChI=1S/C11H10BrO/c12-7-8-13-11-6-5-9-3-1-2-4-10(9)11/h2-6,11H,7-8H2. The summed E-state index contributed by atoms with van der Waals surface area (Å²) in [5, 5.41) is 0.881. The van der Waals surface area contributed by atoms with E-state index in [2.05, 4.69) is 40.2 Å². The normalized spacial score (nSPS) is 19.0. The highest BCUT2D eigenvalue weighted by molar-refractivity contribution is 9.09. The Morgan fingerprint density at radius 3 is 3.31 bits per heavy atom. The number of rotatable bonds is 3. The van der Waals surface area contributed by atoms with Crippen LogP contribution in [0.5, 0.6) is 0 Å². The number of benzene rings is 1. The van der Waals surface area contributed by atoms with Gasteiger partial charge in [-0.3, -0.25) is 0 Å². The average molecular weight is 238 g/mol. The number of alkyl halides is 1. The van der Waals surface area contributed by atoms with Gasteiger partial charge in [-0.15, -0.1) is 0 Å². The molecule has 1 radical (unpaired) electrons. The molecule has 0 bridgehead atoms. The molecule has 1 nitrogen and oxygen atoms in total. The first kappa shape index (κ1) is 8.97. The summed E-state index contributed by atoms with van der Waals surface area (Å²) >= 11 is 3.34. The maximum atomic E-state index is 5.63. The Hall–Kier alpha value is -0.600. The van der Waals surface area contributed by atoms with Crippen LogP contribution in [0.3, 0.4) is 0 Å². The maximum absolute atomic E-state index is 5.63. The lowest BCUT2D eigenvalue weighted by Crippen LogP contribution is -2.01. The molecule has 0 heterocycles. The molecule has 0 aliphatic heterocycles. The molecule has 1 unspecified atom stereocenters. The topological polar surface area (TPSA) is 9.23 Å².